The highest BCUT2D eigenvalue weighted by atomic mass is 16.3. The Hall–Kier alpha value is -2.24. The van der Waals surface area contributed by atoms with Crippen LogP contribution >= 0.6 is 0 Å². The maximum atomic E-state index is 11.0. The zero-order valence-corrected chi connectivity index (χ0v) is 13.3. The number of hydrogen-bond acceptors (Lipinski definition) is 4. The molecule has 1 aromatic heterocycles. The van der Waals surface area contributed by atoms with Crippen molar-refractivity contribution >= 4 is 5.91 Å². The molecule has 2 unspecified atom stereocenters. The normalized spacial score (nSPS) is 13.5. The molecule has 1 heterocycles. The number of nitrogens with one attached hydrogen (secondary N) is 1. The molecule has 1 amide bonds. The molecule has 5 heteroatoms. The van der Waals surface area contributed by atoms with Crippen molar-refractivity contribution in [3.8, 4) is 0 Å². The van der Waals surface area contributed by atoms with Gasteiger partial charge in [-0.1, -0.05) is 36.4 Å². The second-order valence-corrected chi connectivity index (χ2v) is 5.67. The van der Waals surface area contributed by atoms with E-state index in [0.717, 1.165) is 24.0 Å². The van der Waals surface area contributed by atoms with Crippen molar-refractivity contribution in [2.75, 3.05) is 6.61 Å². The summed E-state index contributed by atoms with van der Waals surface area (Å²) < 4.78 is 0. The second-order valence-electron chi connectivity index (χ2n) is 5.67. The largest absolute Gasteiger partial charge is 0.394 e. The molecule has 0 aliphatic heterocycles. The van der Waals surface area contributed by atoms with Gasteiger partial charge in [0.15, 0.2) is 0 Å². The zero-order valence-electron chi connectivity index (χ0n) is 13.3. The lowest BCUT2D eigenvalue weighted by Gasteiger charge is -2.22. The fraction of sp³-hybridized carbons (Fsp3) is 0.333. The van der Waals surface area contributed by atoms with Crippen LogP contribution in [0, 0.1) is 0 Å². The number of amides is 1. The zero-order chi connectivity index (χ0) is 16.7. The molecule has 4 N–H and O–H groups in total. The van der Waals surface area contributed by atoms with Gasteiger partial charge >= 0.3 is 0 Å². The Kier molecular flexibility index (Phi) is 6.26. The summed E-state index contributed by atoms with van der Waals surface area (Å²) in [6, 6.07) is 13.6. The molecule has 0 fully saturated rings. The first kappa shape index (κ1) is 17.1. The summed E-state index contributed by atoms with van der Waals surface area (Å²) in [5, 5.41) is 13.0. The summed E-state index contributed by atoms with van der Waals surface area (Å²) in [7, 11) is 0. The van der Waals surface area contributed by atoms with Gasteiger partial charge in [-0.25, -0.2) is 0 Å². The number of benzene rings is 1. The van der Waals surface area contributed by atoms with E-state index in [2.05, 4.69) is 17.2 Å². The van der Waals surface area contributed by atoms with Crippen molar-refractivity contribution in [1.29, 1.82) is 0 Å². The number of hydrogen-bond donors (Lipinski definition) is 3. The van der Waals surface area contributed by atoms with Crippen LogP contribution in [0.5, 0.6) is 0 Å². The van der Waals surface area contributed by atoms with Crippen LogP contribution in [0.25, 0.3) is 0 Å². The molecule has 2 atom stereocenters. The number of nitrogens with zero attached hydrogens (tertiary/aromatic N) is 1. The molecular weight excluding hydrogens is 290 g/mol. The molecule has 0 saturated carbocycles. The van der Waals surface area contributed by atoms with E-state index in [0.29, 0.717) is 0 Å². The highest BCUT2D eigenvalue weighted by molar-refractivity contribution is 5.90. The lowest BCUT2D eigenvalue weighted by molar-refractivity contribution is 0.0995. The van der Waals surface area contributed by atoms with Gasteiger partial charge in [-0.15, -0.1) is 0 Å². The standard InChI is InChI=1S/C18H23N3O2/c1-13(21-17(12-22)15-5-3-2-4-6-15)7-8-14-9-10-16(18(19)23)20-11-14/h2-6,9-11,13,17,21-22H,7-8,12H2,1H3,(H2,19,23). The first-order valence-electron chi connectivity index (χ1n) is 7.76. The third kappa shape index (κ3) is 5.16. The van der Waals surface area contributed by atoms with Gasteiger partial charge < -0.3 is 16.2 Å². The predicted octanol–water partition coefficient (Wildman–Crippen LogP) is 1.82. The Balaban J connectivity index is 1.86. The quantitative estimate of drug-likeness (QED) is 0.693. The van der Waals surface area contributed by atoms with E-state index in [1.165, 1.54) is 0 Å². The number of aromatic nitrogens is 1. The summed E-state index contributed by atoms with van der Waals surface area (Å²) in [6.07, 6.45) is 3.43. The van der Waals surface area contributed by atoms with Gasteiger partial charge in [0.1, 0.15) is 5.69 Å². The molecule has 0 bridgehead atoms. The van der Waals surface area contributed by atoms with Crippen LogP contribution in [0.4, 0.5) is 0 Å². The van der Waals surface area contributed by atoms with Crippen LogP contribution in [0.2, 0.25) is 0 Å². The first-order valence-corrected chi connectivity index (χ1v) is 7.76. The number of primary amides is 1. The lowest BCUT2D eigenvalue weighted by atomic mass is 10.0. The third-order valence-corrected chi connectivity index (χ3v) is 3.81. The van der Waals surface area contributed by atoms with Gasteiger partial charge in [-0.05, 0) is 37.0 Å². The fourth-order valence-corrected chi connectivity index (χ4v) is 2.47. The summed E-state index contributed by atoms with van der Waals surface area (Å²) in [4.78, 5) is 15.0. The Morgan fingerprint density at radius 1 is 1.26 bits per heavy atom. The molecule has 23 heavy (non-hydrogen) atoms. The third-order valence-electron chi connectivity index (χ3n) is 3.81. The number of carbonyl (C=O) groups is 1. The monoisotopic (exact) mass is 313 g/mol. The maximum Gasteiger partial charge on any atom is 0.267 e. The van der Waals surface area contributed by atoms with E-state index in [1.54, 1.807) is 12.3 Å². The van der Waals surface area contributed by atoms with Crippen molar-refractivity contribution < 1.29 is 9.90 Å². The van der Waals surface area contributed by atoms with E-state index in [9.17, 15) is 9.90 Å². The van der Waals surface area contributed by atoms with Gasteiger partial charge in [-0.2, -0.15) is 0 Å². The van der Waals surface area contributed by atoms with E-state index in [-0.39, 0.29) is 24.4 Å². The number of pyridine rings is 1. The summed E-state index contributed by atoms with van der Waals surface area (Å²) >= 11 is 0. The van der Waals surface area contributed by atoms with Crippen LogP contribution in [0.3, 0.4) is 0 Å². The minimum Gasteiger partial charge on any atom is -0.394 e. The topological polar surface area (TPSA) is 88.2 Å². The number of aliphatic hydroxyl groups excluding tert-OH is 1. The van der Waals surface area contributed by atoms with Crippen molar-refractivity contribution in [1.82, 2.24) is 10.3 Å². The molecule has 0 saturated heterocycles. The fourth-order valence-electron chi connectivity index (χ4n) is 2.47. The average Bonchev–Trinajstić information content (AvgIpc) is 2.59. The molecule has 0 radical (unpaired) electrons. The molecule has 0 spiro atoms. The second kappa shape index (κ2) is 8.41. The number of aliphatic hydroxyl groups is 1. The van der Waals surface area contributed by atoms with Gasteiger partial charge in [-0.3, -0.25) is 9.78 Å². The number of aryl methyl sites for hydroxylation is 1. The van der Waals surface area contributed by atoms with E-state index < -0.39 is 5.91 Å². The van der Waals surface area contributed by atoms with E-state index in [1.807, 2.05) is 36.4 Å². The predicted molar refractivity (Wildman–Crippen MR) is 89.9 cm³/mol. The number of carbonyl (C=O) groups excluding carboxylic acids is 1. The van der Waals surface area contributed by atoms with Crippen LogP contribution in [0.15, 0.2) is 48.7 Å². The summed E-state index contributed by atoms with van der Waals surface area (Å²) in [5.41, 5.74) is 7.60. The van der Waals surface area contributed by atoms with Crippen LogP contribution < -0.4 is 11.1 Å². The average molecular weight is 313 g/mol. The number of nitrogens with two attached hydrogens (primary N) is 1. The first-order chi connectivity index (χ1) is 11.1. The molecule has 1 aromatic carbocycles. The summed E-state index contributed by atoms with van der Waals surface area (Å²) in [5.74, 6) is -0.514. The Morgan fingerprint density at radius 2 is 2.00 bits per heavy atom. The minimum atomic E-state index is -0.514. The Bertz CT molecular complexity index is 614. The van der Waals surface area contributed by atoms with Gasteiger partial charge in [0.05, 0.1) is 12.6 Å². The highest BCUT2D eigenvalue weighted by Crippen LogP contribution is 2.14. The maximum absolute atomic E-state index is 11.0. The Labute approximate surface area is 136 Å². The highest BCUT2D eigenvalue weighted by Gasteiger charge is 2.13. The Morgan fingerprint density at radius 3 is 2.57 bits per heavy atom. The van der Waals surface area contributed by atoms with Crippen LogP contribution in [-0.4, -0.2) is 28.6 Å². The minimum absolute atomic E-state index is 0.0587. The molecule has 0 aliphatic rings. The molecule has 2 aromatic rings. The summed E-state index contributed by atoms with van der Waals surface area (Å²) in [6.45, 7) is 2.15. The van der Waals surface area contributed by atoms with Gasteiger partial charge in [0, 0.05) is 12.2 Å². The molecule has 0 aliphatic carbocycles. The van der Waals surface area contributed by atoms with Crippen molar-refractivity contribution in [2.24, 2.45) is 5.73 Å². The van der Waals surface area contributed by atoms with Crippen molar-refractivity contribution in [3.63, 3.8) is 0 Å². The van der Waals surface area contributed by atoms with Crippen LogP contribution in [0.1, 0.15) is 41.0 Å². The van der Waals surface area contributed by atoms with E-state index in [4.69, 9.17) is 5.73 Å². The van der Waals surface area contributed by atoms with Crippen LogP contribution in [-0.2, 0) is 6.42 Å². The van der Waals surface area contributed by atoms with Gasteiger partial charge in [0.25, 0.3) is 5.91 Å². The van der Waals surface area contributed by atoms with Gasteiger partial charge in [0.2, 0.25) is 0 Å². The van der Waals surface area contributed by atoms with Crippen molar-refractivity contribution in [3.05, 3.63) is 65.5 Å². The lowest BCUT2D eigenvalue weighted by Crippen LogP contribution is -2.33. The number of rotatable bonds is 8. The molecule has 5 nitrogen and oxygen atoms in total. The SMILES string of the molecule is CC(CCc1ccc(C(N)=O)nc1)NC(CO)c1ccccc1. The van der Waals surface area contributed by atoms with E-state index >= 15 is 0 Å². The molecular formula is C18H23N3O2. The molecule has 2 rings (SSSR count). The molecule has 122 valence electrons. The van der Waals surface area contributed by atoms with Crippen molar-refractivity contribution in [2.45, 2.75) is 31.8 Å². The smallest absolute Gasteiger partial charge is 0.267 e.